The fraction of sp³-hybridized carbons (Fsp3) is 0.0769. The second-order valence-corrected chi connectivity index (χ2v) is 3.94. The number of hydrogen-bond acceptors (Lipinski definition) is 5. The Kier molecular flexibility index (Phi) is 3.82. The highest BCUT2D eigenvalue weighted by Crippen LogP contribution is 2.11. The lowest BCUT2D eigenvalue weighted by Crippen LogP contribution is -1.95. The lowest BCUT2D eigenvalue weighted by molar-refractivity contribution is -0.385. The van der Waals surface area contributed by atoms with Crippen LogP contribution in [0.5, 0.6) is 0 Å². The molecule has 6 heteroatoms. The van der Waals surface area contributed by atoms with Crippen LogP contribution in [0.3, 0.4) is 0 Å². The molecule has 0 amide bonds. The molecule has 1 aromatic heterocycles. The van der Waals surface area contributed by atoms with Crippen LogP contribution >= 0.6 is 0 Å². The zero-order valence-corrected chi connectivity index (χ0v) is 10.3. The highest BCUT2D eigenvalue weighted by Gasteiger charge is 2.04. The average molecular weight is 256 g/mol. The smallest absolute Gasteiger partial charge is 0.261 e. The number of anilines is 1. The van der Waals surface area contributed by atoms with Crippen LogP contribution in [0.25, 0.3) is 0 Å². The summed E-state index contributed by atoms with van der Waals surface area (Å²) in [4.78, 5) is 13.8. The van der Waals surface area contributed by atoms with E-state index in [-0.39, 0.29) is 5.69 Å². The number of hydrazone groups is 1. The molecule has 0 unspecified atom stereocenters. The largest absolute Gasteiger partial charge is 0.287 e. The van der Waals surface area contributed by atoms with Crippen molar-refractivity contribution in [3.05, 3.63) is 63.8 Å². The number of nitrogens with zero attached hydrogens (tertiary/aromatic N) is 3. The van der Waals surface area contributed by atoms with E-state index in [1.54, 1.807) is 6.21 Å². The number of nitrogens with one attached hydrogen (secondary N) is 1. The summed E-state index contributed by atoms with van der Waals surface area (Å²) < 4.78 is 0. The van der Waals surface area contributed by atoms with Crippen LogP contribution < -0.4 is 5.43 Å². The zero-order valence-electron chi connectivity index (χ0n) is 10.3. The highest BCUT2D eigenvalue weighted by molar-refractivity contribution is 5.80. The molecular formula is C13H12N4O2. The van der Waals surface area contributed by atoms with Crippen LogP contribution in [-0.4, -0.2) is 16.1 Å². The minimum atomic E-state index is -0.494. The molecule has 2 rings (SSSR count). The van der Waals surface area contributed by atoms with E-state index >= 15 is 0 Å². The Labute approximate surface area is 110 Å². The molecule has 0 aliphatic rings. The minimum Gasteiger partial charge on any atom is -0.261 e. The van der Waals surface area contributed by atoms with E-state index < -0.39 is 4.92 Å². The Morgan fingerprint density at radius 2 is 2.00 bits per heavy atom. The summed E-state index contributed by atoms with van der Waals surface area (Å²) in [6.45, 7) is 2.01. The van der Waals surface area contributed by atoms with Crippen molar-refractivity contribution in [3.8, 4) is 0 Å². The predicted octanol–water partition coefficient (Wildman–Crippen LogP) is 2.74. The first-order valence-electron chi connectivity index (χ1n) is 5.61. The summed E-state index contributed by atoms with van der Waals surface area (Å²) in [5.74, 6) is 0.453. The van der Waals surface area contributed by atoms with E-state index in [0.717, 1.165) is 5.56 Å². The number of nitro groups is 1. The molecule has 0 radical (unpaired) electrons. The summed E-state index contributed by atoms with van der Waals surface area (Å²) in [6, 6.07) is 10.8. The van der Waals surface area contributed by atoms with Crippen LogP contribution in [0.2, 0.25) is 0 Å². The van der Waals surface area contributed by atoms with Crippen molar-refractivity contribution in [2.45, 2.75) is 6.92 Å². The molecule has 0 saturated carbocycles. The Morgan fingerprint density at radius 3 is 2.58 bits per heavy atom. The molecule has 1 heterocycles. The van der Waals surface area contributed by atoms with Gasteiger partial charge >= 0.3 is 0 Å². The van der Waals surface area contributed by atoms with Crippen LogP contribution in [-0.2, 0) is 0 Å². The molecule has 19 heavy (non-hydrogen) atoms. The molecule has 0 atom stereocenters. The third-order valence-corrected chi connectivity index (χ3v) is 2.43. The molecular weight excluding hydrogens is 244 g/mol. The molecule has 2 aromatic rings. The van der Waals surface area contributed by atoms with E-state index in [9.17, 15) is 10.1 Å². The van der Waals surface area contributed by atoms with E-state index in [0.29, 0.717) is 5.82 Å². The van der Waals surface area contributed by atoms with Crippen LogP contribution in [0.4, 0.5) is 11.5 Å². The second-order valence-electron chi connectivity index (χ2n) is 3.94. The van der Waals surface area contributed by atoms with Crippen LogP contribution in [0.15, 0.2) is 47.7 Å². The van der Waals surface area contributed by atoms with Gasteiger partial charge in [0.15, 0.2) is 0 Å². The molecule has 0 spiro atoms. The van der Waals surface area contributed by atoms with Gasteiger partial charge in [0.1, 0.15) is 12.0 Å². The second kappa shape index (κ2) is 5.72. The summed E-state index contributed by atoms with van der Waals surface area (Å²) in [5.41, 5.74) is 4.80. The number of aryl methyl sites for hydroxylation is 1. The van der Waals surface area contributed by atoms with Crippen molar-refractivity contribution in [3.63, 3.8) is 0 Å². The van der Waals surface area contributed by atoms with Crippen LogP contribution in [0.1, 0.15) is 11.1 Å². The molecule has 0 fully saturated rings. The standard InChI is InChI=1S/C13H12N4O2/c1-10-2-4-11(5-3-10)8-15-16-13-7-6-12(9-14-13)17(18)19/h2-9H,1H3,(H,14,16). The SMILES string of the molecule is Cc1ccc(C=NNc2ccc([N+](=O)[O-])cn2)cc1. The van der Waals surface area contributed by atoms with Gasteiger partial charge in [-0.15, -0.1) is 0 Å². The number of rotatable bonds is 4. The Hall–Kier alpha value is -2.76. The summed E-state index contributed by atoms with van der Waals surface area (Å²) in [5, 5.41) is 14.5. The molecule has 0 aliphatic carbocycles. The first-order chi connectivity index (χ1) is 9.15. The van der Waals surface area contributed by atoms with Gasteiger partial charge in [-0.25, -0.2) is 4.98 Å². The summed E-state index contributed by atoms with van der Waals surface area (Å²) in [7, 11) is 0. The van der Waals surface area contributed by atoms with Crippen molar-refractivity contribution in [1.82, 2.24) is 4.98 Å². The molecule has 0 saturated heterocycles. The first kappa shape index (κ1) is 12.7. The number of pyridine rings is 1. The monoisotopic (exact) mass is 256 g/mol. The number of hydrogen-bond donors (Lipinski definition) is 1. The Bertz CT molecular complexity index is 591. The predicted molar refractivity (Wildman–Crippen MR) is 73.3 cm³/mol. The fourth-order valence-electron chi connectivity index (χ4n) is 1.39. The fourth-order valence-corrected chi connectivity index (χ4v) is 1.39. The lowest BCUT2D eigenvalue weighted by Gasteiger charge is -1.98. The van der Waals surface area contributed by atoms with Gasteiger partial charge in [-0.2, -0.15) is 5.10 Å². The van der Waals surface area contributed by atoms with Crippen molar-refractivity contribution in [2.24, 2.45) is 5.10 Å². The topological polar surface area (TPSA) is 80.4 Å². The van der Waals surface area contributed by atoms with Gasteiger partial charge in [-0.1, -0.05) is 29.8 Å². The highest BCUT2D eigenvalue weighted by atomic mass is 16.6. The molecule has 0 bridgehead atoms. The molecule has 1 aromatic carbocycles. The van der Waals surface area contributed by atoms with Gasteiger partial charge in [-0.05, 0) is 18.6 Å². The molecule has 6 nitrogen and oxygen atoms in total. The lowest BCUT2D eigenvalue weighted by atomic mass is 10.2. The third kappa shape index (κ3) is 3.60. The Balaban J connectivity index is 1.98. The zero-order chi connectivity index (χ0) is 13.7. The maximum Gasteiger partial charge on any atom is 0.287 e. The van der Waals surface area contributed by atoms with Crippen molar-refractivity contribution < 1.29 is 4.92 Å². The van der Waals surface area contributed by atoms with E-state index in [1.165, 1.54) is 23.9 Å². The van der Waals surface area contributed by atoms with Gasteiger partial charge < -0.3 is 0 Å². The third-order valence-electron chi connectivity index (χ3n) is 2.43. The van der Waals surface area contributed by atoms with E-state index in [1.807, 2.05) is 31.2 Å². The summed E-state index contributed by atoms with van der Waals surface area (Å²) >= 11 is 0. The van der Waals surface area contributed by atoms with E-state index in [2.05, 4.69) is 15.5 Å². The maximum atomic E-state index is 10.5. The first-order valence-corrected chi connectivity index (χ1v) is 5.61. The van der Waals surface area contributed by atoms with E-state index in [4.69, 9.17) is 0 Å². The van der Waals surface area contributed by atoms with Crippen molar-refractivity contribution >= 4 is 17.7 Å². The number of benzene rings is 1. The van der Waals surface area contributed by atoms with Gasteiger partial charge in [0.05, 0.1) is 11.1 Å². The van der Waals surface area contributed by atoms with Gasteiger partial charge in [0.2, 0.25) is 0 Å². The van der Waals surface area contributed by atoms with Gasteiger partial charge in [-0.3, -0.25) is 15.5 Å². The molecule has 96 valence electrons. The average Bonchev–Trinajstić information content (AvgIpc) is 2.41. The molecule has 1 N–H and O–H groups in total. The summed E-state index contributed by atoms with van der Waals surface area (Å²) in [6.07, 6.45) is 2.84. The van der Waals surface area contributed by atoms with Crippen molar-refractivity contribution in [1.29, 1.82) is 0 Å². The Morgan fingerprint density at radius 1 is 1.26 bits per heavy atom. The maximum absolute atomic E-state index is 10.5. The van der Waals surface area contributed by atoms with Gasteiger partial charge in [0.25, 0.3) is 5.69 Å². The normalized spacial score (nSPS) is 10.6. The van der Waals surface area contributed by atoms with Crippen LogP contribution in [0, 0.1) is 17.0 Å². The quantitative estimate of drug-likeness (QED) is 0.518. The minimum absolute atomic E-state index is 0.0481. The van der Waals surface area contributed by atoms with Gasteiger partial charge in [0, 0.05) is 6.07 Å². The van der Waals surface area contributed by atoms with Crippen molar-refractivity contribution in [2.75, 3.05) is 5.43 Å². The molecule has 0 aliphatic heterocycles. The number of aromatic nitrogens is 1.